The summed E-state index contributed by atoms with van der Waals surface area (Å²) in [7, 11) is 3.12. The molecule has 0 aromatic heterocycles. The van der Waals surface area contributed by atoms with Crippen LogP contribution in [0.1, 0.15) is 22.3 Å². The molecule has 0 saturated carbocycles. The number of hydrogen-bond donors (Lipinski definition) is 1. The molecule has 0 aliphatic heterocycles. The first-order valence-electron chi connectivity index (χ1n) is 7.28. The van der Waals surface area contributed by atoms with Gasteiger partial charge in [-0.15, -0.1) is 0 Å². The maximum Gasteiger partial charge on any atom is 0.255 e. The summed E-state index contributed by atoms with van der Waals surface area (Å²) in [5.74, 6) is 1.03. The van der Waals surface area contributed by atoms with Gasteiger partial charge in [-0.05, 0) is 36.6 Å². The third-order valence-corrected chi connectivity index (χ3v) is 3.42. The van der Waals surface area contributed by atoms with Crippen LogP contribution in [0.4, 0.5) is 0 Å². The largest absolute Gasteiger partial charge is 0.497 e. The van der Waals surface area contributed by atoms with Crippen molar-refractivity contribution in [1.82, 2.24) is 5.32 Å². The maximum atomic E-state index is 12.3. The van der Waals surface area contributed by atoms with Crippen LogP contribution < -0.4 is 14.8 Å². The Balaban J connectivity index is 1.89. The SMILES string of the molecule is COc1ccc(OC)c(C(=O)NCCCc2ccccc2)c1. The molecule has 1 amide bonds. The summed E-state index contributed by atoms with van der Waals surface area (Å²) in [6.45, 7) is 0.619. The summed E-state index contributed by atoms with van der Waals surface area (Å²) >= 11 is 0. The van der Waals surface area contributed by atoms with Crippen LogP contribution in [0, 0.1) is 0 Å². The van der Waals surface area contributed by atoms with Crippen molar-refractivity contribution in [1.29, 1.82) is 0 Å². The van der Waals surface area contributed by atoms with E-state index in [1.54, 1.807) is 32.4 Å². The van der Waals surface area contributed by atoms with Crippen LogP contribution >= 0.6 is 0 Å². The predicted molar refractivity (Wildman–Crippen MR) is 86.6 cm³/mol. The molecule has 0 atom stereocenters. The second-order valence-corrected chi connectivity index (χ2v) is 4.91. The minimum Gasteiger partial charge on any atom is -0.497 e. The zero-order valence-electron chi connectivity index (χ0n) is 13.0. The zero-order chi connectivity index (χ0) is 15.8. The number of benzene rings is 2. The van der Waals surface area contributed by atoms with Crippen molar-refractivity contribution in [2.45, 2.75) is 12.8 Å². The number of carbonyl (C=O) groups is 1. The Morgan fingerprint density at radius 3 is 2.50 bits per heavy atom. The van der Waals surface area contributed by atoms with E-state index in [1.165, 1.54) is 5.56 Å². The van der Waals surface area contributed by atoms with E-state index in [0.29, 0.717) is 23.6 Å². The van der Waals surface area contributed by atoms with Gasteiger partial charge in [0, 0.05) is 6.54 Å². The molecule has 2 aromatic carbocycles. The molecule has 0 radical (unpaired) electrons. The minimum atomic E-state index is -0.149. The van der Waals surface area contributed by atoms with E-state index in [4.69, 9.17) is 9.47 Å². The van der Waals surface area contributed by atoms with Gasteiger partial charge in [-0.2, -0.15) is 0 Å². The standard InChI is InChI=1S/C18H21NO3/c1-21-15-10-11-17(22-2)16(13-15)18(20)19-12-6-9-14-7-4-3-5-8-14/h3-5,7-8,10-11,13H,6,9,12H2,1-2H3,(H,19,20). The molecule has 2 rings (SSSR count). The van der Waals surface area contributed by atoms with Gasteiger partial charge in [-0.1, -0.05) is 30.3 Å². The van der Waals surface area contributed by atoms with Crippen molar-refractivity contribution >= 4 is 5.91 Å². The van der Waals surface area contributed by atoms with Crippen LogP contribution in [0.25, 0.3) is 0 Å². The number of rotatable bonds is 7. The number of hydrogen-bond acceptors (Lipinski definition) is 3. The topological polar surface area (TPSA) is 47.6 Å². The smallest absolute Gasteiger partial charge is 0.255 e. The van der Waals surface area contributed by atoms with E-state index in [-0.39, 0.29) is 5.91 Å². The van der Waals surface area contributed by atoms with E-state index < -0.39 is 0 Å². The van der Waals surface area contributed by atoms with Crippen LogP contribution in [0.2, 0.25) is 0 Å². The lowest BCUT2D eigenvalue weighted by Crippen LogP contribution is -2.25. The van der Waals surface area contributed by atoms with Crippen molar-refractivity contribution in [3.63, 3.8) is 0 Å². The van der Waals surface area contributed by atoms with Crippen LogP contribution in [0.5, 0.6) is 11.5 Å². The fraction of sp³-hybridized carbons (Fsp3) is 0.278. The zero-order valence-corrected chi connectivity index (χ0v) is 13.0. The van der Waals surface area contributed by atoms with E-state index >= 15 is 0 Å². The third kappa shape index (κ3) is 4.25. The molecule has 116 valence electrons. The lowest BCUT2D eigenvalue weighted by atomic mass is 10.1. The average Bonchev–Trinajstić information content (AvgIpc) is 2.58. The van der Waals surface area contributed by atoms with Gasteiger partial charge in [0.25, 0.3) is 5.91 Å². The monoisotopic (exact) mass is 299 g/mol. The Labute approximate surface area is 131 Å². The first-order valence-corrected chi connectivity index (χ1v) is 7.28. The summed E-state index contributed by atoms with van der Waals surface area (Å²) in [6.07, 6.45) is 1.83. The molecule has 0 bridgehead atoms. The Hall–Kier alpha value is -2.49. The minimum absolute atomic E-state index is 0.149. The highest BCUT2D eigenvalue weighted by atomic mass is 16.5. The fourth-order valence-corrected chi connectivity index (χ4v) is 2.23. The first-order chi connectivity index (χ1) is 10.7. The summed E-state index contributed by atoms with van der Waals surface area (Å²) in [5, 5.41) is 2.92. The van der Waals surface area contributed by atoms with Crippen LogP contribution in [0.3, 0.4) is 0 Å². The van der Waals surface area contributed by atoms with Gasteiger partial charge in [0.2, 0.25) is 0 Å². The second-order valence-electron chi connectivity index (χ2n) is 4.91. The van der Waals surface area contributed by atoms with Gasteiger partial charge in [0.15, 0.2) is 0 Å². The number of carbonyl (C=O) groups excluding carboxylic acids is 1. The lowest BCUT2D eigenvalue weighted by molar-refractivity contribution is 0.0950. The van der Waals surface area contributed by atoms with Crippen molar-refractivity contribution < 1.29 is 14.3 Å². The Kier molecular flexibility index (Phi) is 5.83. The van der Waals surface area contributed by atoms with Gasteiger partial charge in [-0.3, -0.25) is 4.79 Å². The summed E-state index contributed by atoms with van der Waals surface area (Å²) in [4.78, 5) is 12.3. The van der Waals surface area contributed by atoms with E-state index in [9.17, 15) is 4.79 Å². The van der Waals surface area contributed by atoms with Crippen molar-refractivity contribution in [2.75, 3.05) is 20.8 Å². The van der Waals surface area contributed by atoms with Gasteiger partial charge in [0.1, 0.15) is 11.5 Å². The lowest BCUT2D eigenvalue weighted by Gasteiger charge is -2.11. The Bertz CT molecular complexity index is 611. The molecular formula is C18H21NO3. The molecule has 0 saturated heterocycles. The van der Waals surface area contributed by atoms with E-state index in [1.807, 2.05) is 18.2 Å². The maximum absolute atomic E-state index is 12.3. The highest BCUT2D eigenvalue weighted by molar-refractivity contribution is 5.97. The van der Waals surface area contributed by atoms with Crippen LogP contribution in [-0.4, -0.2) is 26.7 Å². The number of amides is 1. The molecule has 0 unspecified atom stereocenters. The number of nitrogens with one attached hydrogen (secondary N) is 1. The fourth-order valence-electron chi connectivity index (χ4n) is 2.23. The average molecular weight is 299 g/mol. The molecule has 4 heteroatoms. The van der Waals surface area contributed by atoms with Gasteiger partial charge < -0.3 is 14.8 Å². The molecule has 4 nitrogen and oxygen atoms in total. The second kappa shape index (κ2) is 8.08. The predicted octanol–water partition coefficient (Wildman–Crippen LogP) is 3.07. The van der Waals surface area contributed by atoms with Crippen molar-refractivity contribution in [3.8, 4) is 11.5 Å². The molecule has 0 aliphatic rings. The summed E-state index contributed by atoms with van der Waals surface area (Å²) < 4.78 is 10.4. The van der Waals surface area contributed by atoms with E-state index in [0.717, 1.165) is 12.8 Å². The molecule has 22 heavy (non-hydrogen) atoms. The van der Waals surface area contributed by atoms with Crippen LogP contribution in [0.15, 0.2) is 48.5 Å². The molecule has 0 spiro atoms. The van der Waals surface area contributed by atoms with Crippen LogP contribution in [-0.2, 0) is 6.42 Å². The Morgan fingerprint density at radius 2 is 1.82 bits per heavy atom. The number of ether oxygens (including phenoxy) is 2. The van der Waals surface area contributed by atoms with E-state index in [2.05, 4.69) is 17.4 Å². The molecule has 0 fully saturated rings. The van der Waals surface area contributed by atoms with Gasteiger partial charge in [0.05, 0.1) is 19.8 Å². The quantitative estimate of drug-likeness (QED) is 0.799. The number of methoxy groups -OCH3 is 2. The molecular weight excluding hydrogens is 278 g/mol. The molecule has 0 aliphatic carbocycles. The van der Waals surface area contributed by atoms with Gasteiger partial charge in [-0.25, -0.2) is 0 Å². The summed E-state index contributed by atoms with van der Waals surface area (Å²) in [6, 6.07) is 15.4. The summed E-state index contributed by atoms with van der Waals surface area (Å²) in [5.41, 5.74) is 1.76. The van der Waals surface area contributed by atoms with Crippen molar-refractivity contribution in [2.24, 2.45) is 0 Å². The molecule has 1 N–H and O–H groups in total. The van der Waals surface area contributed by atoms with Gasteiger partial charge >= 0.3 is 0 Å². The first kappa shape index (κ1) is 15.9. The molecule has 0 heterocycles. The molecule has 2 aromatic rings. The highest BCUT2D eigenvalue weighted by Gasteiger charge is 2.13. The normalized spacial score (nSPS) is 10.1. The van der Waals surface area contributed by atoms with Crippen molar-refractivity contribution in [3.05, 3.63) is 59.7 Å². The highest BCUT2D eigenvalue weighted by Crippen LogP contribution is 2.23. The third-order valence-electron chi connectivity index (χ3n) is 3.42. The Morgan fingerprint density at radius 1 is 1.05 bits per heavy atom. The number of aryl methyl sites for hydroxylation is 1.